The number of hydrogen-bond donors (Lipinski definition) is 1. The molecule has 2 aromatic rings. The van der Waals surface area contributed by atoms with E-state index in [1.807, 2.05) is 37.3 Å². The fourth-order valence-electron chi connectivity index (χ4n) is 5.24. The van der Waals surface area contributed by atoms with E-state index in [0.29, 0.717) is 23.7 Å². The van der Waals surface area contributed by atoms with E-state index in [4.69, 9.17) is 22.3 Å². The van der Waals surface area contributed by atoms with Gasteiger partial charge in [0.05, 0.1) is 41.5 Å². The number of benzene rings is 1. The summed E-state index contributed by atoms with van der Waals surface area (Å²) in [6, 6.07) is 10.3. The highest BCUT2D eigenvalue weighted by Crippen LogP contribution is 2.39. The number of nitrogens with two attached hydrogens (primary N) is 1. The minimum absolute atomic E-state index is 0.0396. The van der Waals surface area contributed by atoms with Crippen molar-refractivity contribution in [3.8, 4) is 6.07 Å². The van der Waals surface area contributed by atoms with E-state index in [0.717, 1.165) is 42.5 Å². The van der Waals surface area contributed by atoms with Crippen molar-refractivity contribution in [3.05, 3.63) is 76.1 Å². The molecule has 1 aromatic heterocycles. The number of hydrogen-bond acceptors (Lipinski definition) is 7. The van der Waals surface area contributed by atoms with Gasteiger partial charge in [-0.05, 0) is 49.4 Å². The van der Waals surface area contributed by atoms with Crippen molar-refractivity contribution >= 4 is 23.9 Å². The Bertz CT molecular complexity index is 1270. The standard InChI is InChI=1S/C26H29ClN8/c1-3-33-16-26(17-33,10-11-28)30-12-9-21(29)23-14-24-22(7-8-25-32-31-18(2)35(24)25)34(23)15-19-5-4-6-20(27)13-19/h4-9,12-14,22,24H,3,10,15-17,29H2,1-2H3. The van der Waals surface area contributed by atoms with Crippen LogP contribution in [0.5, 0.6) is 0 Å². The van der Waals surface area contributed by atoms with E-state index in [1.165, 1.54) is 0 Å². The molecule has 1 fully saturated rings. The number of fused-ring (bicyclic) bond motifs is 3. The second-order valence-corrected chi connectivity index (χ2v) is 9.82. The molecule has 0 aliphatic carbocycles. The Balaban J connectivity index is 1.45. The number of aromatic nitrogens is 3. The lowest BCUT2D eigenvalue weighted by molar-refractivity contribution is 0.0824. The van der Waals surface area contributed by atoms with Gasteiger partial charge in [-0.25, -0.2) is 0 Å². The van der Waals surface area contributed by atoms with Crippen molar-refractivity contribution in [2.45, 2.75) is 44.4 Å². The van der Waals surface area contributed by atoms with Gasteiger partial charge in [0.25, 0.3) is 0 Å². The molecule has 2 atom stereocenters. The summed E-state index contributed by atoms with van der Waals surface area (Å²) in [7, 11) is 0. The van der Waals surface area contributed by atoms with Crippen LogP contribution >= 0.6 is 11.6 Å². The molecule has 8 nitrogen and oxygen atoms in total. The largest absolute Gasteiger partial charge is 0.397 e. The number of rotatable bonds is 7. The number of likely N-dealkylation sites (N-methyl/N-ethyl adjacent to an activating group) is 1. The summed E-state index contributed by atoms with van der Waals surface area (Å²) in [6.07, 6.45) is 10.4. The number of aryl methyl sites for hydroxylation is 1. The highest BCUT2D eigenvalue weighted by molar-refractivity contribution is 6.30. The predicted octanol–water partition coefficient (Wildman–Crippen LogP) is 3.48. The monoisotopic (exact) mass is 488 g/mol. The van der Waals surface area contributed by atoms with Crippen LogP contribution in [0.1, 0.15) is 36.6 Å². The smallest absolute Gasteiger partial charge is 0.157 e. The lowest BCUT2D eigenvalue weighted by Crippen LogP contribution is -2.60. The number of nitriles is 1. The first-order chi connectivity index (χ1) is 16.9. The first kappa shape index (κ1) is 23.3. The van der Waals surface area contributed by atoms with Crippen molar-refractivity contribution in [1.82, 2.24) is 24.6 Å². The van der Waals surface area contributed by atoms with E-state index in [1.54, 1.807) is 6.21 Å². The Hall–Kier alpha value is -3.41. The van der Waals surface area contributed by atoms with Gasteiger partial charge in [0.1, 0.15) is 5.82 Å². The zero-order valence-electron chi connectivity index (χ0n) is 20.0. The molecule has 5 rings (SSSR count). The van der Waals surface area contributed by atoms with Gasteiger partial charge in [0.2, 0.25) is 0 Å². The number of halogens is 1. The second-order valence-electron chi connectivity index (χ2n) is 9.39. The van der Waals surface area contributed by atoms with Crippen LogP contribution in [-0.2, 0) is 6.54 Å². The average Bonchev–Trinajstić information content (AvgIpc) is 3.37. The molecule has 2 unspecified atom stereocenters. The van der Waals surface area contributed by atoms with Crippen LogP contribution < -0.4 is 5.73 Å². The molecule has 2 N–H and O–H groups in total. The fraction of sp³-hybridized carbons (Fsp3) is 0.385. The normalized spacial score (nSPS) is 23.1. The lowest BCUT2D eigenvalue weighted by atomic mass is 9.87. The van der Waals surface area contributed by atoms with Gasteiger partial charge in [-0.3, -0.25) is 9.89 Å². The van der Waals surface area contributed by atoms with E-state index >= 15 is 0 Å². The molecule has 0 spiro atoms. The molecule has 0 bridgehead atoms. The van der Waals surface area contributed by atoms with Crippen molar-refractivity contribution in [2.24, 2.45) is 10.7 Å². The Morgan fingerprint density at radius 2 is 2.17 bits per heavy atom. The summed E-state index contributed by atoms with van der Waals surface area (Å²) in [5, 5.41) is 18.6. The fourth-order valence-corrected chi connectivity index (χ4v) is 5.45. The predicted molar refractivity (Wildman–Crippen MR) is 138 cm³/mol. The molecule has 4 heterocycles. The number of allylic oxidation sites excluding steroid dienone is 1. The summed E-state index contributed by atoms with van der Waals surface area (Å²) in [6.45, 7) is 7.32. The zero-order chi connectivity index (χ0) is 24.6. The minimum Gasteiger partial charge on any atom is -0.397 e. The molecule has 9 heteroatoms. The third-order valence-electron chi connectivity index (χ3n) is 7.01. The molecule has 1 aromatic carbocycles. The molecular formula is C26H29ClN8. The van der Waals surface area contributed by atoms with Gasteiger partial charge in [0.15, 0.2) is 5.82 Å². The molecule has 3 aliphatic heterocycles. The van der Waals surface area contributed by atoms with Crippen molar-refractivity contribution in [2.75, 3.05) is 19.6 Å². The molecular weight excluding hydrogens is 460 g/mol. The minimum atomic E-state index is -0.336. The summed E-state index contributed by atoms with van der Waals surface area (Å²) >= 11 is 6.27. The maximum atomic E-state index is 9.28. The third-order valence-corrected chi connectivity index (χ3v) is 7.25. The van der Waals surface area contributed by atoms with E-state index in [9.17, 15) is 5.26 Å². The lowest BCUT2D eigenvalue weighted by Gasteiger charge is -2.46. The third kappa shape index (κ3) is 4.38. The first-order valence-electron chi connectivity index (χ1n) is 11.9. The number of likely N-dealkylation sites (tertiary alicyclic amines) is 1. The molecule has 0 radical (unpaired) electrons. The quantitative estimate of drug-likeness (QED) is 0.599. The van der Waals surface area contributed by atoms with Crippen LogP contribution in [-0.4, -0.2) is 62.0 Å². The summed E-state index contributed by atoms with van der Waals surface area (Å²) in [5.41, 5.74) is 8.99. The van der Waals surface area contributed by atoms with Crippen LogP contribution in [0.3, 0.4) is 0 Å². The second kappa shape index (κ2) is 9.33. The van der Waals surface area contributed by atoms with Crippen LogP contribution in [0, 0.1) is 18.3 Å². The number of aliphatic imine (C=N–C) groups is 1. The average molecular weight is 489 g/mol. The SMILES string of the molecule is CCN1CC(CC#N)(N=CC=C(N)C2=CC3C(C=Cc4nnc(C)n43)N2Cc2cccc(Cl)c2)C1. The first-order valence-corrected chi connectivity index (χ1v) is 12.2. The van der Waals surface area contributed by atoms with E-state index < -0.39 is 0 Å². The molecule has 0 saturated carbocycles. The highest BCUT2D eigenvalue weighted by Gasteiger charge is 2.41. The summed E-state index contributed by atoms with van der Waals surface area (Å²) in [5.74, 6) is 1.71. The van der Waals surface area contributed by atoms with Crippen LogP contribution in [0.25, 0.3) is 6.08 Å². The molecule has 180 valence electrons. The maximum absolute atomic E-state index is 9.28. The summed E-state index contributed by atoms with van der Waals surface area (Å²) < 4.78 is 2.15. The van der Waals surface area contributed by atoms with Gasteiger partial charge in [-0.2, -0.15) is 5.26 Å². The van der Waals surface area contributed by atoms with Gasteiger partial charge in [-0.15, -0.1) is 10.2 Å². The van der Waals surface area contributed by atoms with Crippen molar-refractivity contribution in [1.29, 1.82) is 5.26 Å². The molecule has 3 aliphatic rings. The maximum Gasteiger partial charge on any atom is 0.157 e. The Kier molecular flexibility index (Phi) is 6.22. The van der Waals surface area contributed by atoms with Crippen LogP contribution in [0.15, 0.2) is 58.9 Å². The van der Waals surface area contributed by atoms with Gasteiger partial charge in [-0.1, -0.05) is 36.7 Å². The molecule has 0 amide bonds. The highest BCUT2D eigenvalue weighted by atomic mass is 35.5. The van der Waals surface area contributed by atoms with Gasteiger partial charge in [0, 0.05) is 30.9 Å². The Labute approximate surface area is 210 Å². The summed E-state index contributed by atoms with van der Waals surface area (Å²) in [4.78, 5) is 9.34. The Morgan fingerprint density at radius 3 is 2.91 bits per heavy atom. The molecule has 1 saturated heterocycles. The van der Waals surface area contributed by atoms with Crippen LogP contribution in [0.2, 0.25) is 5.02 Å². The van der Waals surface area contributed by atoms with E-state index in [2.05, 4.69) is 55.8 Å². The Morgan fingerprint density at radius 1 is 1.34 bits per heavy atom. The topological polar surface area (TPSA) is 99.4 Å². The molecule has 35 heavy (non-hydrogen) atoms. The zero-order valence-corrected chi connectivity index (χ0v) is 20.7. The van der Waals surface area contributed by atoms with E-state index in [-0.39, 0.29) is 17.6 Å². The number of nitrogens with zero attached hydrogens (tertiary/aromatic N) is 7. The van der Waals surface area contributed by atoms with Crippen molar-refractivity contribution in [3.63, 3.8) is 0 Å². The van der Waals surface area contributed by atoms with Gasteiger partial charge < -0.3 is 15.2 Å². The van der Waals surface area contributed by atoms with Crippen molar-refractivity contribution < 1.29 is 0 Å². The van der Waals surface area contributed by atoms with Gasteiger partial charge >= 0.3 is 0 Å². The van der Waals surface area contributed by atoms with Crippen LogP contribution in [0.4, 0.5) is 0 Å².